The van der Waals surface area contributed by atoms with E-state index < -0.39 is 0 Å². The summed E-state index contributed by atoms with van der Waals surface area (Å²) >= 11 is 0. The van der Waals surface area contributed by atoms with Crippen molar-refractivity contribution >= 4 is 5.91 Å². The van der Waals surface area contributed by atoms with E-state index in [9.17, 15) is 4.79 Å². The predicted molar refractivity (Wildman–Crippen MR) is 102 cm³/mol. The lowest BCUT2D eigenvalue weighted by molar-refractivity contribution is -0.127. The Labute approximate surface area is 157 Å². The lowest BCUT2D eigenvalue weighted by Gasteiger charge is -2.46. The summed E-state index contributed by atoms with van der Waals surface area (Å²) in [5, 5.41) is 11.8. The quantitative estimate of drug-likeness (QED) is 0.891. The first-order valence-electron chi connectivity index (χ1n) is 10.8. The van der Waals surface area contributed by atoms with Crippen LogP contribution < -0.4 is 5.32 Å². The second kappa shape index (κ2) is 7.69. The second-order valence-corrected chi connectivity index (χ2v) is 8.99. The highest BCUT2D eigenvalue weighted by Crippen LogP contribution is 2.48. The van der Waals surface area contributed by atoms with Crippen LogP contribution in [0.2, 0.25) is 0 Å². The molecule has 0 spiro atoms. The minimum absolute atomic E-state index is 0.0733. The molecule has 1 aromatic heterocycles. The van der Waals surface area contributed by atoms with Gasteiger partial charge in [-0.3, -0.25) is 4.79 Å². The Bertz CT molecular complexity index is 626. The Morgan fingerprint density at radius 1 is 1.08 bits per heavy atom. The number of hydrogen-bond donors (Lipinski definition) is 1. The summed E-state index contributed by atoms with van der Waals surface area (Å²) in [5.41, 5.74) is 0.376. The molecule has 144 valence electrons. The molecule has 1 amide bonds. The summed E-state index contributed by atoms with van der Waals surface area (Å²) in [6.07, 6.45) is 15.4. The first-order valence-corrected chi connectivity index (χ1v) is 10.8. The number of hydrogen-bond acceptors (Lipinski definition) is 3. The molecule has 26 heavy (non-hydrogen) atoms. The van der Waals surface area contributed by atoms with Gasteiger partial charge in [-0.15, -0.1) is 10.2 Å². The van der Waals surface area contributed by atoms with Gasteiger partial charge in [0, 0.05) is 19.5 Å². The van der Waals surface area contributed by atoms with Crippen LogP contribution in [0.15, 0.2) is 0 Å². The van der Waals surface area contributed by atoms with Crippen molar-refractivity contribution in [1.29, 1.82) is 0 Å². The Hall–Kier alpha value is -1.39. The smallest absolute Gasteiger partial charge is 0.224 e. The number of amides is 1. The highest BCUT2D eigenvalue weighted by atomic mass is 16.1. The molecular weight excluding hydrogens is 324 g/mol. The zero-order chi connectivity index (χ0) is 18.0. The molecule has 2 heterocycles. The number of nitrogens with zero attached hydrogens (tertiary/aromatic N) is 3. The maximum atomic E-state index is 12.9. The molecule has 0 bridgehead atoms. The maximum absolute atomic E-state index is 12.9. The van der Waals surface area contributed by atoms with Crippen molar-refractivity contribution in [3.63, 3.8) is 0 Å². The third kappa shape index (κ3) is 3.54. The molecule has 4 rings (SSSR count). The minimum Gasteiger partial charge on any atom is -0.355 e. The number of rotatable bonds is 4. The molecule has 0 saturated heterocycles. The fraction of sp³-hybridized carbons (Fsp3) is 0.857. The summed E-state index contributed by atoms with van der Waals surface area (Å²) in [7, 11) is 0. The molecular formula is C21H34N4O. The van der Waals surface area contributed by atoms with E-state index in [0.29, 0.717) is 5.41 Å². The van der Waals surface area contributed by atoms with Crippen LogP contribution in [0, 0.1) is 24.2 Å². The zero-order valence-corrected chi connectivity index (χ0v) is 16.3. The third-order valence-corrected chi connectivity index (χ3v) is 7.44. The molecule has 1 aliphatic heterocycles. The van der Waals surface area contributed by atoms with E-state index in [-0.39, 0.29) is 11.8 Å². The van der Waals surface area contributed by atoms with E-state index in [1.807, 2.05) is 6.92 Å². The number of carbonyl (C=O) groups excluding carboxylic acids is 1. The van der Waals surface area contributed by atoms with E-state index in [1.165, 1.54) is 64.2 Å². The normalized spacial score (nSPS) is 26.3. The van der Waals surface area contributed by atoms with Crippen molar-refractivity contribution in [2.45, 2.75) is 90.5 Å². The lowest BCUT2D eigenvalue weighted by Crippen LogP contribution is -2.47. The Kier molecular flexibility index (Phi) is 5.32. The molecule has 3 aliphatic rings. The topological polar surface area (TPSA) is 59.8 Å². The van der Waals surface area contributed by atoms with Crippen LogP contribution in [-0.2, 0) is 17.8 Å². The number of aromatic nitrogens is 3. The molecule has 5 nitrogen and oxygen atoms in total. The van der Waals surface area contributed by atoms with E-state index >= 15 is 0 Å². The van der Waals surface area contributed by atoms with Crippen LogP contribution in [0.5, 0.6) is 0 Å². The Morgan fingerprint density at radius 2 is 1.81 bits per heavy atom. The molecule has 1 unspecified atom stereocenters. The average molecular weight is 359 g/mol. The van der Waals surface area contributed by atoms with Gasteiger partial charge in [0.15, 0.2) is 0 Å². The van der Waals surface area contributed by atoms with Gasteiger partial charge in [0.25, 0.3) is 0 Å². The van der Waals surface area contributed by atoms with E-state index in [2.05, 4.69) is 20.1 Å². The van der Waals surface area contributed by atoms with Crippen molar-refractivity contribution < 1.29 is 4.79 Å². The highest BCUT2D eigenvalue weighted by Gasteiger charge is 2.40. The highest BCUT2D eigenvalue weighted by molar-refractivity contribution is 5.78. The average Bonchev–Trinajstić information content (AvgIpc) is 3.08. The molecule has 2 fully saturated rings. The predicted octanol–water partition coefficient (Wildman–Crippen LogP) is 3.80. The number of aryl methyl sites for hydroxylation is 2. The van der Waals surface area contributed by atoms with Crippen molar-refractivity contribution in [2.24, 2.45) is 17.3 Å². The summed E-state index contributed by atoms with van der Waals surface area (Å²) in [5.74, 6) is 3.13. The van der Waals surface area contributed by atoms with Crippen LogP contribution in [0.4, 0.5) is 0 Å². The van der Waals surface area contributed by atoms with Gasteiger partial charge in [0.1, 0.15) is 11.6 Å². The Balaban J connectivity index is 1.39. The molecule has 5 heteroatoms. The van der Waals surface area contributed by atoms with Crippen LogP contribution >= 0.6 is 0 Å². The first kappa shape index (κ1) is 18.0. The van der Waals surface area contributed by atoms with Crippen molar-refractivity contribution in [3.05, 3.63) is 11.6 Å². The van der Waals surface area contributed by atoms with Gasteiger partial charge in [-0.2, -0.15) is 0 Å². The number of carbonyl (C=O) groups is 1. The van der Waals surface area contributed by atoms with Crippen LogP contribution in [0.3, 0.4) is 0 Å². The minimum atomic E-state index is 0.0733. The molecule has 1 N–H and O–H groups in total. The van der Waals surface area contributed by atoms with Gasteiger partial charge in [-0.1, -0.05) is 38.5 Å². The molecule has 0 aromatic carbocycles. The summed E-state index contributed by atoms with van der Waals surface area (Å²) in [6, 6.07) is 0. The molecule has 1 aromatic rings. The monoisotopic (exact) mass is 358 g/mol. The van der Waals surface area contributed by atoms with Gasteiger partial charge >= 0.3 is 0 Å². The van der Waals surface area contributed by atoms with Crippen LogP contribution in [-0.4, -0.2) is 27.2 Å². The number of fused-ring (bicyclic) bond motifs is 1. The van der Waals surface area contributed by atoms with Gasteiger partial charge in [-0.05, 0) is 50.4 Å². The van der Waals surface area contributed by atoms with E-state index in [0.717, 1.165) is 43.5 Å². The maximum Gasteiger partial charge on any atom is 0.224 e. The largest absolute Gasteiger partial charge is 0.355 e. The zero-order valence-electron chi connectivity index (χ0n) is 16.3. The Morgan fingerprint density at radius 3 is 2.58 bits per heavy atom. The van der Waals surface area contributed by atoms with Gasteiger partial charge in [0.05, 0.1) is 5.92 Å². The number of nitrogens with one attached hydrogen (secondary N) is 1. The molecule has 2 aliphatic carbocycles. The fourth-order valence-electron chi connectivity index (χ4n) is 5.78. The van der Waals surface area contributed by atoms with Crippen molar-refractivity contribution in [3.8, 4) is 0 Å². The van der Waals surface area contributed by atoms with Gasteiger partial charge in [-0.25, -0.2) is 0 Å². The summed E-state index contributed by atoms with van der Waals surface area (Å²) in [6.45, 7) is 3.63. The first-order chi connectivity index (χ1) is 12.7. The lowest BCUT2D eigenvalue weighted by atomic mass is 9.61. The van der Waals surface area contributed by atoms with Crippen molar-refractivity contribution in [1.82, 2.24) is 20.1 Å². The standard InChI is InChI=1S/C21H34N4O/c1-16-23-24-19-11-10-17(14-25(16)19)20(26)22-15-21(12-6-3-7-13-21)18-8-4-2-5-9-18/h17-18H,2-15H2,1H3,(H,22,26). The van der Waals surface area contributed by atoms with E-state index in [4.69, 9.17) is 0 Å². The van der Waals surface area contributed by atoms with Gasteiger partial charge < -0.3 is 9.88 Å². The summed E-state index contributed by atoms with van der Waals surface area (Å²) in [4.78, 5) is 12.9. The van der Waals surface area contributed by atoms with Crippen LogP contribution in [0.25, 0.3) is 0 Å². The molecule has 0 radical (unpaired) electrons. The summed E-state index contributed by atoms with van der Waals surface area (Å²) < 4.78 is 2.13. The van der Waals surface area contributed by atoms with Crippen molar-refractivity contribution in [2.75, 3.05) is 6.54 Å². The van der Waals surface area contributed by atoms with Crippen LogP contribution in [0.1, 0.15) is 82.3 Å². The fourth-order valence-corrected chi connectivity index (χ4v) is 5.78. The van der Waals surface area contributed by atoms with E-state index in [1.54, 1.807) is 0 Å². The second-order valence-electron chi connectivity index (χ2n) is 8.99. The SMILES string of the molecule is Cc1nnc2n1CC(C(=O)NCC1(C3CCCCC3)CCCCC1)CC2. The molecule has 2 saturated carbocycles. The molecule has 1 atom stereocenters. The third-order valence-electron chi connectivity index (χ3n) is 7.44. The van der Waals surface area contributed by atoms with Gasteiger partial charge in [0.2, 0.25) is 5.91 Å².